The van der Waals surface area contributed by atoms with Gasteiger partial charge in [0.25, 0.3) is 0 Å². The zero-order valence-electron chi connectivity index (χ0n) is 44.6. The van der Waals surface area contributed by atoms with Gasteiger partial charge < -0.3 is 8.98 Å². The predicted octanol–water partition coefficient (Wildman–Crippen LogP) is 14.9. The lowest BCUT2D eigenvalue weighted by atomic mass is 9.97. The second kappa shape index (κ2) is 14.7. The molecule has 0 N–H and O–H groups in total. The minimum atomic E-state index is -0.712. The average molecular weight is 805 g/mol. The summed E-state index contributed by atoms with van der Waals surface area (Å²) < 4.78 is 117. The standard InChI is InChI=1S/C57H36N4O/c1-4-16-37(17-5-1)40-22-14-23-43(34-40)56-58-55(39-20-8-3-9-21-39)59-57(60-56)46-32-30-42(44-26-15-29-53-54(44)47-25-11-13-28-52(47)62-53)36-51(46)61-49-27-12-10-24-45(49)48-35-41(31-33-50(48)61)38-18-6-2-7-19-38/h1-36H/i2D,6D,7D,10D,12D,18D,19D,24D,27D,31D,33D,35D. The highest BCUT2D eigenvalue weighted by Gasteiger charge is 2.22. The second-order valence-electron chi connectivity index (χ2n) is 14.7. The second-order valence-corrected chi connectivity index (χ2v) is 14.7. The van der Waals surface area contributed by atoms with Gasteiger partial charge in [-0.25, -0.2) is 15.0 Å². The first kappa shape index (κ1) is 25.3. The highest BCUT2D eigenvalue weighted by Crippen LogP contribution is 2.42. The molecule has 9 aromatic carbocycles. The molecular weight excluding hydrogens is 757 g/mol. The van der Waals surface area contributed by atoms with Gasteiger partial charge in [-0.05, 0) is 81.8 Å². The zero-order valence-corrected chi connectivity index (χ0v) is 32.6. The van der Waals surface area contributed by atoms with Crippen LogP contribution in [0.25, 0.3) is 117 Å². The van der Waals surface area contributed by atoms with Gasteiger partial charge in [-0.2, -0.15) is 0 Å². The Hall–Kier alpha value is -8.41. The summed E-state index contributed by atoms with van der Waals surface area (Å²) in [7, 11) is 0. The van der Waals surface area contributed by atoms with Crippen molar-refractivity contribution in [1.29, 1.82) is 0 Å². The van der Waals surface area contributed by atoms with Crippen molar-refractivity contribution < 1.29 is 20.9 Å². The molecule has 0 radical (unpaired) electrons. The Labute approximate surface area is 374 Å². The molecule has 3 aromatic heterocycles. The van der Waals surface area contributed by atoms with Crippen LogP contribution in [0.1, 0.15) is 16.4 Å². The van der Waals surface area contributed by atoms with Gasteiger partial charge in [-0.3, -0.25) is 0 Å². The van der Waals surface area contributed by atoms with Crippen LogP contribution in [0, 0.1) is 0 Å². The molecule has 0 atom stereocenters. The Balaban J connectivity index is 1.24. The molecule has 3 heterocycles. The van der Waals surface area contributed by atoms with Crippen LogP contribution in [0.3, 0.4) is 0 Å². The third-order valence-electron chi connectivity index (χ3n) is 11.0. The third-order valence-corrected chi connectivity index (χ3v) is 11.0. The fourth-order valence-corrected chi connectivity index (χ4v) is 8.15. The van der Waals surface area contributed by atoms with Crippen molar-refractivity contribution in [3.63, 3.8) is 0 Å². The van der Waals surface area contributed by atoms with E-state index in [4.69, 9.17) is 29.0 Å². The van der Waals surface area contributed by atoms with Crippen LogP contribution in [-0.4, -0.2) is 19.5 Å². The average Bonchev–Trinajstić information content (AvgIpc) is 4.01. The van der Waals surface area contributed by atoms with Gasteiger partial charge in [-0.1, -0.05) is 170 Å². The molecule has 12 aromatic rings. The molecule has 0 fully saturated rings. The van der Waals surface area contributed by atoms with Crippen molar-refractivity contribution in [3.8, 4) is 73.2 Å². The molecule has 0 saturated heterocycles. The maximum absolute atomic E-state index is 9.88. The number of para-hydroxylation sites is 2. The van der Waals surface area contributed by atoms with Crippen LogP contribution < -0.4 is 0 Å². The molecule has 5 heteroatoms. The minimum Gasteiger partial charge on any atom is -0.456 e. The van der Waals surface area contributed by atoms with Crippen LogP contribution in [-0.2, 0) is 0 Å². The minimum absolute atomic E-state index is 0.141. The Kier molecular flexibility index (Phi) is 5.99. The lowest BCUT2D eigenvalue weighted by Gasteiger charge is -2.17. The fraction of sp³-hybridized carbons (Fsp3) is 0. The monoisotopic (exact) mass is 804 g/mol. The Morgan fingerprint density at radius 3 is 1.90 bits per heavy atom. The molecule has 0 bridgehead atoms. The van der Waals surface area contributed by atoms with E-state index in [1.807, 2.05) is 133 Å². The lowest BCUT2D eigenvalue weighted by Crippen LogP contribution is -2.04. The van der Waals surface area contributed by atoms with Crippen molar-refractivity contribution in [3.05, 3.63) is 218 Å². The van der Waals surface area contributed by atoms with Gasteiger partial charge in [0.15, 0.2) is 17.5 Å². The fourth-order valence-electron chi connectivity index (χ4n) is 8.15. The summed E-state index contributed by atoms with van der Waals surface area (Å²) in [6.45, 7) is 0. The summed E-state index contributed by atoms with van der Waals surface area (Å²) in [6, 6.07) is 38.1. The summed E-state index contributed by atoms with van der Waals surface area (Å²) in [5.41, 5.74) is 5.09. The lowest BCUT2D eigenvalue weighted by molar-refractivity contribution is 0.669. The Bertz CT molecular complexity index is 4320. The number of hydrogen-bond acceptors (Lipinski definition) is 4. The molecule has 0 amide bonds. The summed E-state index contributed by atoms with van der Waals surface area (Å²) in [6.07, 6.45) is 0. The predicted molar refractivity (Wildman–Crippen MR) is 254 cm³/mol. The zero-order chi connectivity index (χ0) is 51.4. The largest absolute Gasteiger partial charge is 0.456 e. The van der Waals surface area contributed by atoms with E-state index in [-0.39, 0.29) is 33.3 Å². The van der Waals surface area contributed by atoms with Crippen molar-refractivity contribution in [2.24, 2.45) is 0 Å². The van der Waals surface area contributed by atoms with Gasteiger partial charge in [-0.15, -0.1) is 0 Å². The molecule has 62 heavy (non-hydrogen) atoms. The number of furan rings is 1. The smallest absolute Gasteiger partial charge is 0.166 e. The highest BCUT2D eigenvalue weighted by atomic mass is 16.3. The molecule has 0 aliphatic rings. The Morgan fingerprint density at radius 1 is 0.387 bits per heavy atom. The topological polar surface area (TPSA) is 56.7 Å². The molecule has 0 spiro atoms. The summed E-state index contributed by atoms with van der Waals surface area (Å²) in [5, 5.41) is 1.25. The summed E-state index contributed by atoms with van der Waals surface area (Å²) in [5.74, 6) is 0.769. The summed E-state index contributed by atoms with van der Waals surface area (Å²) in [4.78, 5) is 15.3. The van der Waals surface area contributed by atoms with Crippen LogP contribution in [0.2, 0.25) is 0 Å². The number of rotatable bonds is 7. The van der Waals surface area contributed by atoms with E-state index in [1.54, 1.807) is 12.1 Å². The van der Waals surface area contributed by atoms with Gasteiger partial charge in [0.2, 0.25) is 0 Å². The Morgan fingerprint density at radius 2 is 1.05 bits per heavy atom. The van der Waals surface area contributed by atoms with Crippen LogP contribution >= 0.6 is 0 Å². The summed E-state index contributed by atoms with van der Waals surface area (Å²) >= 11 is 0. The van der Waals surface area contributed by atoms with E-state index in [0.717, 1.165) is 27.5 Å². The van der Waals surface area contributed by atoms with E-state index in [2.05, 4.69) is 0 Å². The molecule has 12 rings (SSSR count). The highest BCUT2D eigenvalue weighted by molar-refractivity contribution is 6.13. The van der Waals surface area contributed by atoms with Crippen LogP contribution in [0.15, 0.2) is 223 Å². The molecule has 0 unspecified atom stereocenters. The van der Waals surface area contributed by atoms with Gasteiger partial charge in [0.05, 0.1) is 33.2 Å². The number of nitrogens with zero attached hydrogens (tertiary/aromatic N) is 4. The maximum atomic E-state index is 9.88. The molecular formula is C57H36N4O. The van der Waals surface area contributed by atoms with Crippen LogP contribution in [0.5, 0.6) is 0 Å². The van der Waals surface area contributed by atoms with Gasteiger partial charge in [0.1, 0.15) is 11.2 Å². The van der Waals surface area contributed by atoms with Gasteiger partial charge >= 0.3 is 0 Å². The first-order chi connectivity index (χ1) is 35.7. The van der Waals surface area contributed by atoms with E-state index in [9.17, 15) is 6.85 Å². The number of fused-ring (bicyclic) bond motifs is 6. The first-order valence-corrected chi connectivity index (χ1v) is 19.9. The van der Waals surface area contributed by atoms with E-state index >= 15 is 0 Å². The normalized spacial score (nSPS) is 14.3. The maximum Gasteiger partial charge on any atom is 0.166 e. The third kappa shape index (κ3) is 6.06. The molecule has 0 aliphatic carbocycles. The van der Waals surface area contributed by atoms with Gasteiger partial charge in [0, 0.05) is 38.2 Å². The van der Waals surface area contributed by atoms with Crippen molar-refractivity contribution in [2.75, 3.05) is 0 Å². The molecule has 290 valence electrons. The molecule has 0 saturated carbocycles. The number of aromatic nitrogens is 4. The van der Waals surface area contributed by atoms with E-state index in [0.29, 0.717) is 45.1 Å². The molecule has 0 aliphatic heterocycles. The van der Waals surface area contributed by atoms with Crippen molar-refractivity contribution in [1.82, 2.24) is 19.5 Å². The quantitative estimate of drug-likeness (QED) is 0.161. The first-order valence-electron chi connectivity index (χ1n) is 25.9. The molecule has 5 nitrogen and oxygen atoms in total. The van der Waals surface area contributed by atoms with Crippen molar-refractivity contribution >= 4 is 43.7 Å². The number of benzene rings is 9. The van der Waals surface area contributed by atoms with E-state index in [1.165, 1.54) is 4.57 Å². The SMILES string of the molecule is [2H]c1c([2H])c([2H])c(-c2c([2H])c([2H])c3c(c2[2H])c2c([2H])c([2H])c([2H])c([2H])c2n3-c2cc(-c3cccc4oc5ccccc5c34)ccc2-c2nc(-c3ccccc3)nc(-c3cccc(-c4ccccc4)c3)n2)c([2H])c1[2H]. The van der Waals surface area contributed by atoms with Crippen LogP contribution in [0.4, 0.5) is 0 Å². The number of hydrogen-bond donors (Lipinski definition) is 0. The van der Waals surface area contributed by atoms with E-state index < -0.39 is 83.6 Å². The van der Waals surface area contributed by atoms with Crippen molar-refractivity contribution in [2.45, 2.75) is 0 Å².